The topological polar surface area (TPSA) is 37.9 Å². The minimum absolute atomic E-state index is 0. The van der Waals surface area contributed by atoms with E-state index in [1.165, 1.54) is 31.8 Å². The number of benzene rings is 6. The molecule has 0 aliphatic carbocycles. The summed E-state index contributed by atoms with van der Waals surface area (Å²) in [6, 6.07) is 66.2. The number of para-hydroxylation sites is 2. The summed E-state index contributed by atoms with van der Waals surface area (Å²) >= 11 is 0. The van der Waals surface area contributed by atoms with Crippen LogP contribution in [0.15, 0.2) is 200 Å². The van der Waals surface area contributed by atoms with Gasteiger partial charge in [0.2, 0.25) is 0 Å². The van der Waals surface area contributed by atoms with Gasteiger partial charge in [0.25, 0.3) is 0 Å². The number of rotatable bonds is 8. The zero-order valence-electron chi connectivity index (χ0n) is 26.6. The molecule has 0 aliphatic rings. The number of nitrogens with one attached hydrogen (secondary N) is 1. The first-order valence-corrected chi connectivity index (χ1v) is 18.6. The van der Waals surface area contributed by atoms with Crippen LogP contribution in [-0.4, -0.2) is 9.97 Å². The second-order valence-corrected chi connectivity index (χ2v) is 15.3. The number of aromatic nitrogens is 2. The van der Waals surface area contributed by atoms with Crippen molar-refractivity contribution in [3.63, 3.8) is 0 Å². The maximum atomic E-state index is 6.92. The summed E-state index contributed by atoms with van der Waals surface area (Å²) in [5.74, 6) is 1.81. The number of aromatic amines is 1. The summed E-state index contributed by atoms with van der Waals surface area (Å²) in [5.41, 5.74) is 0.956. The van der Waals surface area contributed by atoms with E-state index < -0.39 is 15.8 Å². The molecule has 0 saturated carbocycles. The molecule has 0 saturated heterocycles. The van der Waals surface area contributed by atoms with Gasteiger partial charge in [0.05, 0.1) is 0 Å². The largest absolute Gasteiger partial charge is 2.00 e. The molecule has 0 atom stereocenters. The molecule has 2 aromatic heterocycles. The van der Waals surface area contributed by atoms with Crippen LogP contribution in [0.25, 0.3) is 11.0 Å². The predicted molar refractivity (Wildman–Crippen MR) is 206 cm³/mol. The van der Waals surface area contributed by atoms with Crippen LogP contribution in [-0.2, 0) is 17.1 Å². The first-order valence-electron chi connectivity index (χ1n) is 15.9. The molecule has 2 heterocycles. The molecule has 3 nitrogen and oxygen atoms in total. The average Bonchev–Trinajstić information content (AvgIpc) is 3.65. The molecule has 0 spiro atoms. The molecule has 0 fully saturated rings. The molecular formula is C43H34CuN2OP2+2. The van der Waals surface area contributed by atoms with E-state index in [4.69, 9.17) is 4.74 Å². The minimum atomic E-state index is -0.795. The number of fused-ring (bicyclic) bond motifs is 1. The molecule has 0 amide bonds. The first kappa shape index (κ1) is 34.1. The molecule has 8 rings (SSSR count). The van der Waals surface area contributed by atoms with E-state index >= 15 is 0 Å². The Kier molecular flexibility index (Phi) is 11.8. The zero-order chi connectivity index (χ0) is 32.4. The predicted octanol–water partition coefficient (Wildman–Crippen LogP) is 8.56. The summed E-state index contributed by atoms with van der Waals surface area (Å²) in [4.78, 5) is 7.09. The quantitative estimate of drug-likeness (QED) is 0.126. The molecule has 8 aromatic rings. The van der Waals surface area contributed by atoms with E-state index in [0.29, 0.717) is 0 Å². The van der Waals surface area contributed by atoms with E-state index in [9.17, 15) is 0 Å². The van der Waals surface area contributed by atoms with E-state index in [-0.39, 0.29) is 17.1 Å². The zero-order valence-corrected chi connectivity index (χ0v) is 29.3. The maximum absolute atomic E-state index is 6.92. The molecule has 241 valence electrons. The van der Waals surface area contributed by atoms with E-state index in [0.717, 1.165) is 22.5 Å². The first-order chi connectivity index (χ1) is 23.8. The number of pyridine rings is 1. The number of hydrogen-bond acceptors (Lipinski definition) is 2. The fourth-order valence-corrected chi connectivity index (χ4v) is 10.4. The fourth-order valence-electron chi connectivity index (χ4n) is 5.62. The van der Waals surface area contributed by atoms with Crippen molar-refractivity contribution in [1.82, 2.24) is 9.97 Å². The Morgan fingerprint density at radius 2 is 0.796 bits per heavy atom. The number of H-pyrrole nitrogens is 1. The summed E-state index contributed by atoms with van der Waals surface area (Å²) < 4.78 is 6.92. The maximum Gasteiger partial charge on any atom is 2.00 e. The van der Waals surface area contributed by atoms with Crippen LogP contribution >= 0.6 is 15.8 Å². The number of ether oxygens (including phenoxy) is 1. The van der Waals surface area contributed by atoms with Gasteiger partial charge in [-0.15, -0.1) is 0 Å². The van der Waals surface area contributed by atoms with Gasteiger partial charge in [-0.1, -0.05) is 158 Å². The molecule has 6 aromatic carbocycles. The van der Waals surface area contributed by atoms with Gasteiger partial charge in [0, 0.05) is 28.4 Å². The van der Waals surface area contributed by atoms with Crippen molar-refractivity contribution in [2.45, 2.75) is 0 Å². The van der Waals surface area contributed by atoms with E-state index in [2.05, 4.69) is 180 Å². The van der Waals surface area contributed by atoms with Crippen molar-refractivity contribution in [2.24, 2.45) is 0 Å². The summed E-state index contributed by atoms with van der Waals surface area (Å²) in [6.45, 7) is 0. The van der Waals surface area contributed by atoms with Gasteiger partial charge in [-0.2, -0.15) is 0 Å². The van der Waals surface area contributed by atoms with Gasteiger partial charge < -0.3 is 9.72 Å². The van der Waals surface area contributed by atoms with Crippen molar-refractivity contribution in [2.75, 3.05) is 0 Å². The van der Waals surface area contributed by atoms with Crippen molar-refractivity contribution < 1.29 is 21.8 Å². The average molecular weight is 720 g/mol. The third kappa shape index (κ3) is 8.26. The second-order valence-electron chi connectivity index (χ2n) is 11.0. The Balaban J connectivity index is 0.000000359. The van der Waals surface area contributed by atoms with E-state index in [1.54, 1.807) is 6.20 Å². The Morgan fingerprint density at radius 3 is 1.20 bits per heavy atom. The summed E-state index contributed by atoms with van der Waals surface area (Å²) in [6.07, 6.45) is 3.66. The van der Waals surface area contributed by atoms with Crippen LogP contribution < -0.4 is 36.6 Å². The summed E-state index contributed by atoms with van der Waals surface area (Å²) in [5, 5.41) is 8.81. The molecule has 0 unspecified atom stereocenters. The second kappa shape index (κ2) is 17.0. The standard InChI is InChI=1S/C36H28OP2.C7H6N2.Cu/c1-5-17-29(18-6-1)38(30-19-7-2-8-20-30)35-27-15-13-25-33(35)37-34-26-14-16-28-36(34)39(31-21-9-3-10-22-31)32-23-11-4-12-24-32;1-2-6-3-5-9-7(6)8-4-1;/h1-28H;1-5H,(H,8,9);/q;;+2. The third-order valence-electron chi connectivity index (χ3n) is 7.81. The van der Waals surface area contributed by atoms with Crippen molar-refractivity contribution in [3.05, 3.63) is 200 Å². The third-order valence-corrected chi connectivity index (χ3v) is 12.8. The Labute approximate surface area is 301 Å². The van der Waals surface area contributed by atoms with Crippen LogP contribution in [0, 0.1) is 0 Å². The Hall–Kier alpha value is -4.81. The molecular weight excluding hydrogens is 686 g/mol. The Morgan fingerprint density at radius 1 is 0.408 bits per heavy atom. The van der Waals surface area contributed by atoms with Gasteiger partial charge >= 0.3 is 17.1 Å². The number of hydrogen-bond donors (Lipinski definition) is 1. The van der Waals surface area contributed by atoms with Gasteiger partial charge in [0.1, 0.15) is 17.1 Å². The van der Waals surface area contributed by atoms with Crippen molar-refractivity contribution in [3.8, 4) is 11.5 Å². The van der Waals surface area contributed by atoms with Crippen molar-refractivity contribution in [1.29, 1.82) is 0 Å². The summed E-state index contributed by atoms with van der Waals surface area (Å²) in [7, 11) is -1.59. The normalized spacial score (nSPS) is 10.7. The monoisotopic (exact) mass is 719 g/mol. The van der Waals surface area contributed by atoms with Crippen LogP contribution in [0.1, 0.15) is 0 Å². The fraction of sp³-hybridized carbons (Fsp3) is 0. The number of nitrogens with zero attached hydrogens (tertiary/aromatic N) is 1. The Bertz CT molecular complexity index is 1950. The molecule has 1 radical (unpaired) electrons. The van der Waals surface area contributed by atoms with Crippen LogP contribution in [0.3, 0.4) is 0 Å². The molecule has 1 N–H and O–H groups in total. The van der Waals surface area contributed by atoms with Gasteiger partial charge in [-0.25, -0.2) is 4.98 Å². The molecule has 6 heteroatoms. The van der Waals surface area contributed by atoms with Crippen molar-refractivity contribution >= 4 is 58.7 Å². The minimum Gasteiger partial charge on any atom is -0.456 e. The molecule has 0 bridgehead atoms. The van der Waals surface area contributed by atoms with Crippen LogP contribution in [0.4, 0.5) is 0 Å². The van der Waals surface area contributed by atoms with E-state index in [1.807, 2.05) is 24.4 Å². The van der Waals surface area contributed by atoms with Gasteiger partial charge in [-0.05, 0) is 67.4 Å². The molecule has 49 heavy (non-hydrogen) atoms. The molecule has 0 aliphatic heterocycles. The van der Waals surface area contributed by atoms with Gasteiger partial charge in [-0.3, -0.25) is 0 Å². The smallest absolute Gasteiger partial charge is 0.456 e. The van der Waals surface area contributed by atoms with Gasteiger partial charge in [0.15, 0.2) is 0 Å². The van der Waals surface area contributed by atoms with Crippen LogP contribution in [0.5, 0.6) is 11.5 Å². The van der Waals surface area contributed by atoms with Crippen LogP contribution in [0.2, 0.25) is 0 Å². The SMILES string of the molecule is [Cu+2].c1ccc(P(c2ccccc2)c2ccccc2Oc2ccccc2P(c2ccccc2)c2ccccc2)cc1.c1cnc2[nH]ccc2c1.